The molecule has 1 fully saturated rings. The molecule has 1 heterocycles. The monoisotopic (exact) mass is 315 g/mol. The lowest BCUT2D eigenvalue weighted by Gasteiger charge is -2.34. The Morgan fingerprint density at radius 1 is 1.26 bits per heavy atom. The Morgan fingerprint density at radius 3 is 2.74 bits per heavy atom. The second kappa shape index (κ2) is 9.57. The van der Waals surface area contributed by atoms with Crippen molar-refractivity contribution in [3.63, 3.8) is 0 Å². The van der Waals surface area contributed by atoms with Crippen LogP contribution in [0.2, 0.25) is 0 Å². The molecule has 0 bridgehead atoms. The summed E-state index contributed by atoms with van der Waals surface area (Å²) in [5, 5.41) is 3.55. The third-order valence-electron chi connectivity index (χ3n) is 4.26. The summed E-state index contributed by atoms with van der Waals surface area (Å²) in [5.41, 5.74) is 1.16. The fourth-order valence-electron chi connectivity index (χ4n) is 2.90. The lowest BCUT2D eigenvalue weighted by Crippen LogP contribution is -2.46. The fraction of sp³-hybridized carbons (Fsp3) is 0.579. The minimum absolute atomic E-state index is 0.316. The van der Waals surface area contributed by atoms with Gasteiger partial charge in [-0.3, -0.25) is 0 Å². The molecule has 1 aromatic rings. The minimum Gasteiger partial charge on any atom is -0.481 e. The van der Waals surface area contributed by atoms with Crippen molar-refractivity contribution < 1.29 is 4.74 Å². The minimum atomic E-state index is 0.316. The van der Waals surface area contributed by atoms with Crippen molar-refractivity contribution in [1.29, 1.82) is 0 Å². The summed E-state index contributed by atoms with van der Waals surface area (Å²) >= 11 is 0. The Bertz CT molecular complexity index is 504. The van der Waals surface area contributed by atoms with E-state index in [1.807, 2.05) is 18.2 Å². The molecule has 1 unspecified atom stereocenters. The Labute approximate surface area is 140 Å². The molecule has 0 amide bonds. The second-order valence-electron chi connectivity index (χ2n) is 6.44. The van der Waals surface area contributed by atoms with Gasteiger partial charge in [-0.25, -0.2) is 0 Å². The van der Waals surface area contributed by atoms with E-state index in [1.165, 1.54) is 26.2 Å². The number of para-hydroxylation sites is 1. The van der Waals surface area contributed by atoms with Crippen molar-refractivity contribution in [3.8, 4) is 18.1 Å². The van der Waals surface area contributed by atoms with Gasteiger partial charge in [-0.2, -0.15) is 0 Å². The zero-order chi connectivity index (χ0) is 16.5. The molecule has 0 spiro atoms. The maximum atomic E-state index is 5.59. The first kappa shape index (κ1) is 17.8. The molecule has 126 valence electrons. The normalized spacial score (nSPS) is 17.6. The summed E-state index contributed by atoms with van der Waals surface area (Å²) in [6.07, 6.45) is 5.27. The molecule has 0 aromatic heterocycles. The van der Waals surface area contributed by atoms with E-state index in [9.17, 15) is 0 Å². The molecule has 1 N–H and O–H groups in total. The standard InChI is InChI=1S/C19H29N3O/c1-4-13-23-19-8-6-5-7-18(19)15-20-14-17(2)16-22-11-9-21(3)10-12-22/h1,5-8,17,20H,9-16H2,2-3H3. The van der Waals surface area contributed by atoms with E-state index in [4.69, 9.17) is 11.2 Å². The smallest absolute Gasteiger partial charge is 0.148 e. The van der Waals surface area contributed by atoms with Crippen LogP contribution in [0.25, 0.3) is 0 Å². The van der Waals surface area contributed by atoms with Gasteiger partial charge in [0, 0.05) is 44.8 Å². The van der Waals surface area contributed by atoms with E-state index in [1.54, 1.807) is 0 Å². The lowest BCUT2D eigenvalue weighted by molar-refractivity contribution is 0.138. The van der Waals surface area contributed by atoms with Crippen molar-refractivity contribution in [3.05, 3.63) is 29.8 Å². The van der Waals surface area contributed by atoms with Crippen LogP contribution >= 0.6 is 0 Å². The van der Waals surface area contributed by atoms with Crippen LogP contribution in [0.15, 0.2) is 24.3 Å². The van der Waals surface area contributed by atoms with E-state index in [0.717, 1.165) is 30.9 Å². The lowest BCUT2D eigenvalue weighted by atomic mass is 10.1. The number of ether oxygens (including phenoxy) is 1. The Morgan fingerprint density at radius 2 is 2.00 bits per heavy atom. The summed E-state index contributed by atoms with van der Waals surface area (Å²) in [4.78, 5) is 4.96. The quantitative estimate of drug-likeness (QED) is 0.739. The van der Waals surface area contributed by atoms with Gasteiger partial charge in [0.2, 0.25) is 0 Å². The SMILES string of the molecule is C#CCOc1ccccc1CNCC(C)CN1CCN(C)CC1. The maximum absolute atomic E-state index is 5.59. The predicted octanol–water partition coefficient (Wildman–Crippen LogP) is 1.67. The number of piperazine rings is 1. The molecule has 4 nitrogen and oxygen atoms in total. The van der Waals surface area contributed by atoms with Crippen LogP contribution in [0.4, 0.5) is 0 Å². The zero-order valence-electron chi connectivity index (χ0n) is 14.4. The molecule has 0 aliphatic carbocycles. The van der Waals surface area contributed by atoms with E-state index in [0.29, 0.717) is 12.5 Å². The van der Waals surface area contributed by atoms with Crippen LogP contribution < -0.4 is 10.1 Å². The van der Waals surface area contributed by atoms with Crippen molar-refractivity contribution in [2.24, 2.45) is 5.92 Å². The Hall–Kier alpha value is -1.54. The molecule has 4 heteroatoms. The van der Waals surface area contributed by atoms with Crippen LogP contribution in [0, 0.1) is 18.3 Å². The van der Waals surface area contributed by atoms with Gasteiger partial charge >= 0.3 is 0 Å². The highest BCUT2D eigenvalue weighted by Gasteiger charge is 2.15. The third kappa shape index (κ3) is 6.23. The average Bonchev–Trinajstić information content (AvgIpc) is 2.56. The first-order valence-electron chi connectivity index (χ1n) is 8.45. The van der Waals surface area contributed by atoms with Gasteiger partial charge in [-0.15, -0.1) is 6.42 Å². The number of terminal acetylenes is 1. The first-order valence-corrected chi connectivity index (χ1v) is 8.45. The van der Waals surface area contributed by atoms with Crippen molar-refractivity contribution in [2.45, 2.75) is 13.5 Å². The molecule has 0 saturated carbocycles. The summed E-state index contributed by atoms with van der Waals surface area (Å²) < 4.78 is 5.59. The molecule has 0 radical (unpaired) electrons. The highest BCUT2D eigenvalue weighted by molar-refractivity contribution is 5.33. The van der Waals surface area contributed by atoms with Gasteiger partial charge in [0.05, 0.1) is 0 Å². The predicted molar refractivity (Wildman–Crippen MR) is 95.6 cm³/mol. The van der Waals surface area contributed by atoms with Gasteiger partial charge in [-0.1, -0.05) is 31.0 Å². The summed E-state index contributed by atoms with van der Waals surface area (Å²) in [7, 11) is 2.20. The number of hydrogen-bond acceptors (Lipinski definition) is 4. The van der Waals surface area contributed by atoms with E-state index >= 15 is 0 Å². The number of nitrogens with one attached hydrogen (secondary N) is 1. The molecular formula is C19H29N3O. The summed E-state index contributed by atoms with van der Waals surface area (Å²) in [6.45, 7) is 10.3. The van der Waals surface area contributed by atoms with Gasteiger partial charge in [0.1, 0.15) is 12.4 Å². The topological polar surface area (TPSA) is 27.7 Å². The molecule has 1 atom stereocenters. The maximum Gasteiger partial charge on any atom is 0.148 e. The number of rotatable bonds is 8. The Kier molecular flexibility index (Phi) is 7.41. The summed E-state index contributed by atoms with van der Waals surface area (Å²) in [5.74, 6) is 4.03. The zero-order valence-corrected chi connectivity index (χ0v) is 14.4. The molecule has 1 aliphatic heterocycles. The highest BCUT2D eigenvalue weighted by Crippen LogP contribution is 2.17. The second-order valence-corrected chi connectivity index (χ2v) is 6.44. The molecule has 1 aromatic carbocycles. The van der Waals surface area contributed by atoms with Gasteiger partial charge < -0.3 is 19.9 Å². The van der Waals surface area contributed by atoms with Crippen molar-refractivity contribution >= 4 is 0 Å². The Balaban J connectivity index is 1.71. The van der Waals surface area contributed by atoms with Crippen molar-refractivity contribution in [2.75, 3.05) is 52.9 Å². The molecule has 1 saturated heterocycles. The number of nitrogens with zero attached hydrogens (tertiary/aromatic N) is 2. The fourth-order valence-corrected chi connectivity index (χ4v) is 2.90. The molecular weight excluding hydrogens is 286 g/mol. The third-order valence-corrected chi connectivity index (χ3v) is 4.26. The largest absolute Gasteiger partial charge is 0.481 e. The van der Waals surface area contributed by atoms with Crippen LogP contribution in [-0.4, -0.2) is 62.7 Å². The van der Waals surface area contributed by atoms with Crippen LogP contribution in [0.5, 0.6) is 5.75 Å². The summed E-state index contributed by atoms with van der Waals surface area (Å²) in [6, 6.07) is 8.07. The van der Waals surface area contributed by atoms with Gasteiger partial charge in [0.25, 0.3) is 0 Å². The van der Waals surface area contributed by atoms with Gasteiger partial charge in [0.15, 0.2) is 0 Å². The van der Waals surface area contributed by atoms with Gasteiger partial charge in [-0.05, 0) is 25.6 Å². The molecule has 2 rings (SSSR count). The van der Waals surface area contributed by atoms with Crippen LogP contribution in [-0.2, 0) is 6.54 Å². The number of hydrogen-bond donors (Lipinski definition) is 1. The van der Waals surface area contributed by atoms with Crippen LogP contribution in [0.1, 0.15) is 12.5 Å². The highest BCUT2D eigenvalue weighted by atomic mass is 16.5. The molecule has 23 heavy (non-hydrogen) atoms. The van der Waals surface area contributed by atoms with Crippen LogP contribution in [0.3, 0.4) is 0 Å². The average molecular weight is 315 g/mol. The van der Waals surface area contributed by atoms with E-state index in [-0.39, 0.29) is 0 Å². The van der Waals surface area contributed by atoms with E-state index in [2.05, 4.69) is 41.1 Å². The molecule has 1 aliphatic rings. The van der Waals surface area contributed by atoms with Crippen molar-refractivity contribution in [1.82, 2.24) is 15.1 Å². The first-order chi connectivity index (χ1) is 11.2. The number of likely N-dealkylation sites (N-methyl/N-ethyl adjacent to an activating group) is 1. The number of benzene rings is 1. The van der Waals surface area contributed by atoms with E-state index < -0.39 is 0 Å².